The van der Waals surface area contributed by atoms with Crippen LogP contribution >= 0.6 is 0 Å². The molecule has 0 aromatic heterocycles. The van der Waals surface area contributed by atoms with Crippen LogP contribution in [0.1, 0.15) is 53.4 Å². The van der Waals surface area contributed by atoms with E-state index in [2.05, 4.69) is 33.0 Å². The monoisotopic (exact) mass is 228 g/mol. The molecule has 0 aliphatic heterocycles. The lowest BCUT2D eigenvalue weighted by Crippen LogP contribution is -2.40. The van der Waals surface area contributed by atoms with Crippen molar-refractivity contribution in [3.63, 3.8) is 0 Å². The molecule has 0 aliphatic carbocycles. The highest BCUT2D eigenvalue weighted by molar-refractivity contribution is 5.76. The van der Waals surface area contributed by atoms with Gasteiger partial charge in [0, 0.05) is 25.6 Å². The molecular formula is C13H28N2O. The van der Waals surface area contributed by atoms with Crippen molar-refractivity contribution >= 4 is 5.91 Å². The number of carbonyl (C=O) groups is 1. The second-order valence-corrected chi connectivity index (χ2v) is 4.30. The number of amides is 1. The van der Waals surface area contributed by atoms with Crippen LogP contribution in [0, 0.1) is 0 Å². The summed E-state index contributed by atoms with van der Waals surface area (Å²) in [6.45, 7) is 11.2. The number of unbranched alkanes of at least 4 members (excludes halogenated alkanes) is 1. The topological polar surface area (TPSA) is 32.3 Å². The first-order valence-electron chi connectivity index (χ1n) is 6.67. The highest BCUT2D eigenvalue weighted by Crippen LogP contribution is 2.07. The van der Waals surface area contributed by atoms with Crippen LogP contribution in [0.15, 0.2) is 0 Å². The van der Waals surface area contributed by atoms with Crippen molar-refractivity contribution in [2.75, 3.05) is 19.6 Å². The van der Waals surface area contributed by atoms with Gasteiger partial charge in [-0.25, -0.2) is 0 Å². The van der Waals surface area contributed by atoms with Crippen molar-refractivity contribution in [3.05, 3.63) is 0 Å². The molecule has 0 saturated heterocycles. The molecule has 3 heteroatoms. The lowest BCUT2D eigenvalue weighted by molar-refractivity contribution is -0.133. The van der Waals surface area contributed by atoms with Crippen LogP contribution in [0.4, 0.5) is 0 Å². The van der Waals surface area contributed by atoms with Gasteiger partial charge in [-0.1, -0.05) is 27.2 Å². The maximum absolute atomic E-state index is 12.0. The van der Waals surface area contributed by atoms with Crippen molar-refractivity contribution < 1.29 is 4.79 Å². The molecule has 0 heterocycles. The Bertz CT molecular complexity index is 183. The molecule has 0 spiro atoms. The van der Waals surface area contributed by atoms with Gasteiger partial charge in [-0.2, -0.15) is 0 Å². The van der Waals surface area contributed by atoms with Gasteiger partial charge >= 0.3 is 0 Å². The molecule has 1 N–H and O–H groups in total. The van der Waals surface area contributed by atoms with Gasteiger partial charge in [0.25, 0.3) is 0 Å². The molecule has 3 nitrogen and oxygen atoms in total. The summed E-state index contributed by atoms with van der Waals surface area (Å²) in [7, 11) is 0. The predicted molar refractivity (Wildman–Crippen MR) is 69.5 cm³/mol. The number of nitrogens with zero attached hydrogens (tertiary/aromatic N) is 1. The molecule has 0 bridgehead atoms. The number of carbonyl (C=O) groups excluding carboxylic acids is 1. The standard InChI is InChI=1S/C13H28N2O/c1-5-8-11-15(12(4)6-2)13(16)9-10-14-7-3/h12,14H,5-11H2,1-4H3. The van der Waals surface area contributed by atoms with E-state index >= 15 is 0 Å². The van der Waals surface area contributed by atoms with Crippen molar-refractivity contribution in [1.29, 1.82) is 0 Å². The average Bonchev–Trinajstić information content (AvgIpc) is 2.29. The van der Waals surface area contributed by atoms with Gasteiger partial charge in [0.2, 0.25) is 5.91 Å². The van der Waals surface area contributed by atoms with Crippen LogP contribution in [0.5, 0.6) is 0 Å². The van der Waals surface area contributed by atoms with E-state index in [4.69, 9.17) is 0 Å². The van der Waals surface area contributed by atoms with Crippen LogP contribution < -0.4 is 5.32 Å². The van der Waals surface area contributed by atoms with Gasteiger partial charge in [-0.3, -0.25) is 4.79 Å². The average molecular weight is 228 g/mol. The van der Waals surface area contributed by atoms with Crippen LogP contribution in [0.3, 0.4) is 0 Å². The Morgan fingerprint density at radius 2 is 2.00 bits per heavy atom. The summed E-state index contributed by atoms with van der Waals surface area (Å²) < 4.78 is 0. The third-order valence-corrected chi connectivity index (χ3v) is 2.96. The molecule has 0 aliphatic rings. The summed E-state index contributed by atoms with van der Waals surface area (Å²) in [5.41, 5.74) is 0. The highest BCUT2D eigenvalue weighted by atomic mass is 16.2. The third-order valence-electron chi connectivity index (χ3n) is 2.96. The quantitative estimate of drug-likeness (QED) is 0.615. The number of hydrogen-bond acceptors (Lipinski definition) is 2. The maximum Gasteiger partial charge on any atom is 0.224 e. The van der Waals surface area contributed by atoms with E-state index in [1.165, 1.54) is 0 Å². The summed E-state index contributed by atoms with van der Waals surface area (Å²) in [6.07, 6.45) is 3.92. The minimum atomic E-state index is 0.295. The number of nitrogens with one attached hydrogen (secondary N) is 1. The lowest BCUT2D eigenvalue weighted by atomic mass is 10.2. The first kappa shape index (κ1) is 15.4. The molecule has 0 fully saturated rings. The Morgan fingerprint density at radius 3 is 2.50 bits per heavy atom. The van der Waals surface area contributed by atoms with Crippen LogP contribution in [-0.4, -0.2) is 36.5 Å². The van der Waals surface area contributed by atoms with Gasteiger partial charge in [0.05, 0.1) is 0 Å². The van der Waals surface area contributed by atoms with Crippen molar-refractivity contribution in [3.8, 4) is 0 Å². The SMILES string of the molecule is CCCCN(C(=O)CCNCC)C(C)CC. The minimum absolute atomic E-state index is 0.295. The van der Waals surface area contributed by atoms with Crippen LogP contribution in [0.25, 0.3) is 0 Å². The van der Waals surface area contributed by atoms with Gasteiger partial charge < -0.3 is 10.2 Å². The van der Waals surface area contributed by atoms with E-state index in [0.717, 1.165) is 38.9 Å². The van der Waals surface area contributed by atoms with Crippen molar-refractivity contribution in [2.45, 2.75) is 59.4 Å². The van der Waals surface area contributed by atoms with Crippen LogP contribution in [-0.2, 0) is 4.79 Å². The highest BCUT2D eigenvalue weighted by Gasteiger charge is 2.17. The Hall–Kier alpha value is -0.570. The molecule has 0 radical (unpaired) electrons. The lowest BCUT2D eigenvalue weighted by Gasteiger charge is -2.28. The summed E-state index contributed by atoms with van der Waals surface area (Å²) in [5, 5.41) is 3.20. The van der Waals surface area contributed by atoms with E-state index in [0.29, 0.717) is 18.4 Å². The molecule has 16 heavy (non-hydrogen) atoms. The second kappa shape index (κ2) is 9.64. The summed E-state index contributed by atoms with van der Waals surface area (Å²) in [6, 6.07) is 0.376. The summed E-state index contributed by atoms with van der Waals surface area (Å²) >= 11 is 0. The second-order valence-electron chi connectivity index (χ2n) is 4.30. The smallest absolute Gasteiger partial charge is 0.224 e. The third kappa shape index (κ3) is 6.11. The first-order chi connectivity index (χ1) is 7.67. The van der Waals surface area contributed by atoms with E-state index in [1.807, 2.05) is 4.90 Å². The molecule has 0 aromatic carbocycles. The molecule has 1 unspecified atom stereocenters. The van der Waals surface area contributed by atoms with E-state index in [-0.39, 0.29) is 0 Å². The molecule has 0 saturated carbocycles. The fraction of sp³-hybridized carbons (Fsp3) is 0.923. The zero-order valence-corrected chi connectivity index (χ0v) is 11.4. The molecule has 0 aromatic rings. The number of hydrogen-bond donors (Lipinski definition) is 1. The van der Waals surface area contributed by atoms with Crippen LogP contribution in [0.2, 0.25) is 0 Å². The Labute approximate surface area is 101 Å². The van der Waals surface area contributed by atoms with Gasteiger partial charge in [0.15, 0.2) is 0 Å². The van der Waals surface area contributed by atoms with E-state index < -0.39 is 0 Å². The van der Waals surface area contributed by atoms with Gasteiger partial charge in [-0.05, 0) is 26.3 Å². The normalized spacial score (nSPS) is 12.5. The maximum atomic E-state index is 12.0. The Kier molecular flexibility index (Phi) is 9.30. The molecule has 1 amide bonds. The zero-order valence-electron chi connectivity index (χ0n) is 11.4. The van der Waals surface area contributed by atoms with Crippen molar-refractivity contribution in [1.82, 2.24) is 10.2 Å². The molecule has 96 valence electrons. The fourth-order valence-corrected chi connectivity index (χ4v) is 1.66. The number of rotatable bonds is 9. The molecular weight excluding hydrogens is 200 g/mol. The summed E-state index contributed by atoms with van der Waals surface area (Å²) in [5.74, 6) is 0.295. The van der Waals surface area contributed by atoms with E-state index in [1.54, 1.807) is 0 Å². The predicted octanol–water partition coefficient (Wildman–Crippen LogP) is 2.41. The summed E-state index contributed by atoms with van der Waals surface area (Å²) in [4.78, 5) is 14.1. The fourth-order valence-electron chi connectivity index (χ4n) is 1.66. The van der Waals surface area contributed by atoms with Gasteiger partial charge in [0.1, 0.15) is 0 Å². The Balaban J connectivity index is 4.09. The van der Waals surface area contributed by atoms with Gasteiger partial charge in [-0.15, -0.1) is 0 Å². The molecule has 0 rings (SSSR count). The molecule has 1 atom stereocenters. The minimum Gasteiger partial charge on any atom is -0.340 e. The zero-order chi connectivity index (χ0) is 12.4. The van der Waals surface area contributed by atoms with E-state index in [9.17, 15) is 4.79 Å². The van der Waals surface area contributed by atoms with Crippen molar-refractivity contribution in [2.24, 2.45) is 0 Å². The Morgan fingerprint density at radius 1 is 1.31 bits per heavy atom. The first-order valence-corrected chi connectivity index (χ1v) is 6.67. The largest absolute Gasteiger partial charge is 0.340 e.